The van der Waals surface area contributed by atoms with Crippen molar-refractivity contribution in [3.63, 3.8) is 0 Å². The van der Waals surface area contributed by atoms with Crippen molar-refractivity contribution in [2.24, 2.45) is 4.99 Å². The van der Waals surface area contributed by atoms with Gasteiger partial charge in [0.2, 0.25) is 0 Å². The number of amidine groups is 1. The lowest BCUT2D eigenvalue weighted by molar-refractivity contribution is -0.115. The van der Waals surface area contributed by atoms with Gasteiger partial charge < -0.3 is 14.8 Å². The van der Waals surface area contributed by atoms with Crippen molar-refractivity contribution in [2.75, 3.05) is 13.2 Å². The van der Waals surface area contributed by atoms with Crippen LogP contribution in [0.3, 0.4) is 0 Å². The zero-order valence-electron chi connectivity index (χ0n) is 17.5. The van der Waals surface area contributed by atoms with Gasteiger partial charge in [-0.15, -0.1) is 0 Å². The number of rotatable bonds is 10. The van der Waals surface area contributed by atoms with E-state index in [0.29, 0.717) is 29.0 Å². The maximum atomic E-state index is 12.3. The van der Waals surface area contributed by atoms with Gasteiger partial charge >= 0.3 is 0 Å². The number of nitrogens with one attached hydrogen (secondary N) is 1. The zero-order valence-corrected chi connectivity index (χ0v) is 18.3. The van der Waals surface area contributed by atoms with E-state index >= 15 is 0 Å². The maximum absolute atomic E-state index is 12.3. The number of para-hydroxylation sites is 1. The molecule has 3 rings (SSSR count). The average Bonchev–Trinajstić information content (AvgIpc) is 3.08. The second kappa shape index (κ2) is 11.5. The van der Waals surface area contributed by atoms with Crippen LogP contribution < -0.4 is 14.8 Å². The highest BCUT2D eigenvalue weighted by Crippen LogP contribution is 2.32. The number of thioether (sulfide) groups is 1. The van der Waals surface area contributed by atoms with E-state index in [1.165, 1.54) is 31.0 Å². The first-order valence-electron chi connectivity index (χ1n) is 10.4. The molecule has 0 radical (unpaired) electrons. The van der Waals surface area contributed by atoms with Crippen molar-refractivity contribution in [2.45, 2.75) is 39.5 Å². The number of unbranched alkanes of at least 4 members (excludes halogenated alkanes) is 3. The lowest BCUT2D eigenvalue weighted by Crippen LogP contribution is -2.19. The highest BCUT2D eigenvalue weighted by molar-refractivity contribution is 8.18. The fraction of sp³-hybridized carbons (Fsp3) is 0.333. The molecule has 0 spiro atoms. The van der Waals surface area contributed by atoms with Crippen LogP contribution in [0.15, 0.2) is 58.4 Å². The van der Waals surface area contributed by atoms with Gasteiger partial charge in [-0.25, -0.2) is 4.99 Å². The highest BCUT2D eigenvalue weighted by atomic mass is 32.2. The largest absolute Gasteiger partial charge is 0.490 e. The van der Waals surface area contributed by atoms with Gasteiger partial charge in [-0.1, -0.05) is 50.5 Å². The summed E-state index contributed by atoms with van der Waals surface area (Å²) in [5, 5.41) is 3.40. The second-order valence-corrected chi connectivity index (χ2v) is 7.90. The molecule has 5 nitrogen and oxygen atoms in total. The summed E-state index contributed by atoms with van der Waals surface area (Å²) in [5.41, 5.74) is 1.69. The Kier molecular flexibility index (Phi) is 8.39. The molecule has 158 valence electrons. The van der Waals surface area contributed by atoms with E-state index in [-0.39, 0.29) is 5.91 Å². The first kappa shape index (κ1) is 22.0. The third kappa shape index (κ3) is 6.39. The predicted molar refractivity (Wildman–Crippen MR) is 124 cm³/mol. The number of carbonyl (C=O) groups is 1. The van der Waals surface area contributed by atoms with Gasteiger partial charge in [-0.3, -0.25) is 4.79 Å². The van der Waals surface area contributed by atoms with Gasteiger partial charge in [-0.2, -0.15) is 0 Å². The molecule has 1 saturated heterocycles. The highest BCUT2D eigenvalue weighted by Gasteiger charge is 2.24. The molecule has 0 unspecified atom stereocenters. The lowest BCUT2D eigenvalue weighted by Gasteiger charge is -2.12. The van der Waals surface area contributed by atoms with Gasteiger partial charge in [0.15, 0.2) is 16.7 Å². The van der Waals surface area contributed by atoms with Crippen LogP contribution in [0.2, 0.25) is 0 Å². The van der Waals surface area contributed by atoms with Crippen LogP contribution >= 0.6 is 11.8 Å². The predicted octanol–water partition coefficient (Wildman–Crippen LogP) is 5.94. The Hall–Kier alpha value is -2.73. The third-order valence-corrected chi connectivity index (χ3v) is 5.37. The summed E-state index contributed by atoms with van der Waals surface area (Å²) in [5.74, 6) is 1.29. The van der Waals surface area contributed by atoms with Crippen molar-refractivity contribution in [3.05, 3.63) is 59.0 Å². The van der Waals surface area contributed by atoms with Crippen molar-refractivity contribution in [3.8, 4) is 11.5 Å². The summed E-state index contributed by atoms with van der Waals surface area (Å²) < 4.78 is 11.7. The van der Waals surface area contributed by atoms with Crippen LogP contribution in [0.25, 0.3) is 6.08 Å². The molecular weight excluding hydrogens is 396 g/mol. The minimum atomic E-state index is -0.149. The Morgan fingerprint density at radius 3 is 2.60 bits per heavy atom. The molecule has 0 aliphatic carbocycles. The number of ether oxygens (including phenoxy) is 2. The molecule has 1 N–H and O–H groups in total. The topological polar surface area (TPSA) is 59.9 Å². The Labute approximate surface area is 182 Å². The first-order valence-corrected chi connectivity index (χ1v) is 11.3. The molecular formula is C24H28N2O3S. The van der Waals surface area contributed by atoms with Crippen molar-refractivity contribution >= 4 is 34.6 Å². The van der Waals surface area contributed by atoms with Crippen molar-refractivity contribution in [1.29, 1.82) is 0 Å². The molecule has 1 aliphatic rings. The minimum Gasteiger partial charge on any atom is -0.490 e. The van der Waals surface area contributed by atoms with E-state index in [9.17, 15) is 4.79 Å². The monoisotopic (exact) mass is 424 g/mol. The van der Waals surface area contributed by atoms with E-state index < -0.39 is 0 Å². The van der Waals surface area contributed by atoms with Crippen LogP contribution in [0.4, 0.5) is 5.69 Å². The van der Waals surface area contributed by atoms with E-state index in [0.717, 1.165) is 23.4 Å². The molecule has 1 fully saturated rings. The molecule has 2 aromatic carbocycles. The van der Waals surface area contributed by atoms with E-state index in [2.05, 4.69) is 17.2 Å². The number of carbonyl (C=O) groups excluding carboxylic acids is 1. The Morgan fingerprint density at radius 2 is 1.83 bits per heavy atom. The van der Waals surface area contributed by atoms with Crippen molar-refractivity contribution < 1.29 is 14.3 Å². The average molecular weight is 425 g/mol. The van der Waals surface area contributed by atoms with Gasteiger partial charge in [0.05, 0.1) is 23.8 Å². The van der Waals surface area contributed by atoms with E-state index in [4.69, 9.17) is 9.47 Å². The number of hydrogen-bond donors (Lipinski definition) is 1. The Bertz CT molecular complexity index is 910. The number of amides is 1. The fourth-order valence-corrected chi connectivity index (χ4v) is 3.81. The summed E-state index contributed by atoms with van der Waals surface area (Å²) in [4.78, 5) is 17.4. The molecule has 1 amide bonds. The number of hydrogen-bond acceptors (Lipinski definition) is 5. The molecule has 0 aromatic heterocycles. The van der Waals surface area contributed by atoms with Crippen LogP contribution in [0, 0.1) is 0 Å². The summed E-state index contributed by atoms with van der Waals surface area (Å²) in [6, 6.07) is 15.3. The quantitative estimate of drug-likeness (QED) is 0.379. The zero-order chi connectivity index (χ0) is 21.2. The normalized spacial score (nSPS) is 16.1. The number of nitrogens with zero attached hydrogens (tertiary/aromatic N) is 1. The number of aliphatic imine (C=N–C) groups is 1. The van der Waals surface area contributed by atoms with Gasteiger partial charge in [0.1, 0.15) is 0 Å². The SMILES string of the molecule is CCCCCCOc1ccc(/C=C2/SC(=Nc3ccccc3)NC2=O)cc1OCC. The molecule has 2 aromatic rings. The second-order valence-electron chi connectivity index (χ2n) is 6.87. The van der Waals surface area contributed by atoms with Crippen LogP contribution in [-0.4, -0.2) is 24.3 Å². The summed E-state index contributed by atoms with van der Waals surface area (Å²) in [7, 11) is 0. The molecule has 6 heteroatoms. The molecule has 0 saturated carbocycles. The molecule has 30 heavy (non-hydrogen) atoms. The summed E-state index contributed by atoms with van der Waals surface area (Å²) in [6.45, 7) is 5.37. The third-order valence-electron chi connectivity index (χ3n) is 4.46. The fourth-order valence-electron chi connectivity index (χ4n) is 2.96. The van der Waals surface area contributed by atoms with Crippen LogP contribution in [0.1, 0.15) is 45.1 Å². The summed E-state index contributed by atoms with van der Waals surface area (Å²) >= 11 is 1.33. The Balaban J connectivity index is 1.70. The summed E-state index contributed by atoms with van der Waals surface area (Å²) in [6.07, 6.45) is 6.48. The van der Waals surface area contributed by atoms with E-state index in [1.807, 2.05) is 61.5 Å². The van der Waals surface area contributed by atoms with Gasteiger partial charge in [0.25, 0.3) is 5.91 Å². The van der Waals surface area contributed by atoms with Crippen molar-refractivity contribution in [1.82, 2.24) is 5.32 Å². The van der Waals surface area contributed by atoms with Crippen LogP contribution in [0.5, 0.6) is 11.5 Å². The lowest BCUT2D eigenvalue weighted by atomic mass is 10.2. The number of benzene rings is 2. The molecule has 0 atom stereocenters. The maximum Gasteiger partial charge on any atom is 0.264 e. The standard InChI is InChI=1S/C24H28N2O3S/c1-3-5-6-10-15-29-20-14-13-18(16-21(20)28-4-2)17-22-23(27)26-24(30-22)25-19-11-8-7-9-12-19/h7-9,11-14,16-17H,3-6,10,15H2,1-2H3,(H,25,26,27)/b22-17+. The van der Waals surface area contributed by atoms with E-state index in [1.54, 1.807) is 0 Å². The molecule has 0 bridgehead atoms. The van der Waals surface area contributed by atoms with Gasteiger partial charge in [-0.05, 0) is 61.0 Å². The van der Waals surface area contributed by atoms with Crippen LogP contribution in [-0.2, 0) is 4.79 Å². The first-order chi connectivity index (χ1) is 14.7. The Morgan fingerprint density at radius 1 is 1.00 bits per heavy atom. The minimum absolute atomic E-state index is 0.149. The van der Waals surface area contributed by atoms with Gasteiger partial charge in [0, 0.05) is 0 Å². The molecule has 1 aliphatic heterocycles. The smallest absolute Gasteiger partial charge is 0.264 e. The molecule has 1 heterocycles.